The number of benzene rings is 1. The van der Waals surface area contributed by atoms with Crippen molar-refractivity contribution in [2.45, 2.75) is 33.2 Å². The molecular formula is C16H23FN2. The molecule has 3 heteroatoms. The maximum atomic E-state index is 13.3. The summed E-state index contributed by atoms with van der Waals surface area (Å²) < 4.78 is 13.3. The van der Waals surface area contributed by atoms with Gasteiger partial charge in [-0.1, -0.05) is 38.2 Å². The van der Waals surface area contributed by atoms with Crippen LogP contribution in [0.1, 0.15) is 37.8 Å². The molecule has 0 heterocycles. The van der Waals surface area contributed by atoms with E-state index in [1.165, 1.54) is 25.0 Å². The maximum Gasteiger partial charge on any atom is 0.124 e. The van der Waals surface area contributed by atoms with E-state index in [2.05, 4.69) is 30.6 Å². The Morgan fingerprint density at radius 1 is 1.32 bits per heavy atom. The summed E-state index contributed by atoms with van der Waals surface area (Å²) in [6, 6.07) is 4.81. The Hall–Kier alpha value is -1.37. The van der Waals surface area contributed by atoms with Gasteiger partial charge in [-0.25, -0.2) is 4.39 Å². The number of hydrogen-bond donors (Lipinski definition) is 1. The highest BCUT2D eigenvalue weighted by molar-refractivity contribution is 5.41. The standard InChI is InChI=1S/C16H23FN2/c1-3-5-11-19(4-2)13-15-8-9-16(17)12-14(15)7-6-10-18/h8-9,12H,3-5,10-11,13,18H2,1-2H3. The van der Waals surface area contributed by atoms with Crippen molar-refractivity contribution in [3.63, 3.8) is 0 Å². The second kappa shape index (κ2) is 8.68. The minimum atomic E-state index is -0.248. The van der Waals surface area contributed by atoms with Crippen LogP contribution < -0.4 is 5.73 Å². The number of nitrogens with two attached hydrogens (primary N) is 1. The molecule has 0 unspecified atom stereocenters. The smallest absolute Gasteiger partial charge is 0.124 e. The van der Waals surface area contributed by atoms with E-state index in [4.69, 9.17) is 5.73 Å². The van der Waals surface area contributed by atoms with Gasteiger partial charge in [-0.2, -0.15) is 0 Å². The Morgan fingerprint density at radius 3 is 2.74 bits per heavy atom. The van der Waals surface area contributed by atoms with Gasteiger partial charge in [-0.3, -0.25) is 4.90 Å². The van der Waals surface area contributed by atoms with Crippen molar-refractivity contribution >= 4 is 0 Å². The molecule has 104 valence electrons. The zero-order chi connectivity index (χ0) is 14.1. The first-order valence-corrected chi connectivity index (χ1v) is 6.91. The molecule has 0 radical (unpaired) electrons. The maximum absolute atomic E-state index is 13.3. The minimum absolute atomic E-state index is 0.248. The molecule has 0 aliphatic rings. The molecule has 2 nitrogen and oxygen atoms in total. The normalized spacial score (nSPS) is 10.4. The van der Waals surface area contributed by atoms with Crippen molar-refractivity contribution in [1.29, 1.82) is 0 Å². The van der Waals surface area contributed by atoms with E-state index < -0.39 is 0 Å². The average molecular weight is 262 g/mol. The molecule has 0 spiro atoms. The van der Waals surface area contributed by atoms with E-state index in [0.29, 0.717) is 6.54 Å². The van der Waals surface area contributed by atoms with Crippen molar-refractivity contribution in [1.82, 2.24) is 4.90 Å². The van der Waals surface area contributed by atoms with Crippen LogP contribution in [0.3, 0.4) is 0 Å². The Labute approximate surface area is 115 Å². The van der Waals surface area contributed by atoms with E-state index in [1.807, 2.05) is 6.07 Å². The van der Waals surface area contributed by atoms with Crippen LogP contribution in [0.2, 0.25) is 0 Å². The summed E-state index contributed by atoms with van der Waals surface area (Å²) in [5, 5.41) is 0. The van der Waals surface area contributed by atoms with Crippen molar-refractivity contribution < 1.29 is 4.39 Å². The second-order valence-corrected chi connectivity index (χ2v) is 4.53. The van der Waals surface area contributed by atoms with Crippen molar-refractivity contribution in [2.24, 2.45) is 5.73 Å². The number of hydrogen-bond acceptors (Lipinski definition) is 2. The highest BCUT2D eigenvalue weighted by Gasteiger charge is 2.07. The first-order valence-electron chi connectivity index (χ1n) is 6.91. The zero-order valence-corrected chi connectivity index (χ0v) is 11.9. The molecule has 1 aromatic carbocycles. The first-order chi connectivity index (χ1) is 9.21. The van der Waals surface area contributed by atoms with Crippen LogP contribution in [0.25, 0.3) is 0 Å². The van der Waals surface area contributed by atoms with Crippen LogP contribution >= 0.6 is 0 Å². The highest BCUT2D eigenvalue weighted by Crippen LogP contribution is 2.13. The summed E-state index contributed by atoms with van der Waals surface area (Å²) in [5.74, 6) is 5.51. The summed E-state index contributed by atoms with van der Waals surface area (Å²) in [5.41, 5.74) is 7.20. The average Bonchev–Trinajstić information content (AvgIpc) is 2.43. The third-order valence-electron chi connectivity index (χ3n) is 3.07. The molecule has 2 N–H and O–H groups in total. The van der Waals surface area contributed by atoms with Gasteiger partial charge in [0.1, 0.15) is 5.82 Å². The topological polar surface area (TPSA) is 29.3 Å². The lowest BCUT2D eigenvalue weighted by Crippen LogP contribution is -2.24. The van der Waals surface area contributed by atoms with E-state index in [9.17, 15) is 4.39 Å². The first kappa shape index (κ1) is 15.7. The Bertz CT molecular complexity index is 446. The highest BCUT2D eigenvalue weighted by atomic mass is 19.1. The third-order valence-corrected chi connectivity index (χ3v) is 3.07. The van der Waals surface area contributed by atoms with Crippen LogP contribution in [-0.2, 0) is 6.54 Å². The lowest BCUT2D eigenvalue weighted by Gasteiger charge is -2.20. The largest absolute Gasteiger partial charge is 0.320 e. The molecule has 0 saturated carbocycles. The fraction of sp³-hybridized carbons (Fsp3) is 0.500. The predicted molar refractivity (Wildman–Crippen MR) is 78.2 cm³/mol. The molecule has 0 aliphatic heterocycles. The third kappa shape index (κ3) is 5.42. The van der Waals surface area contributed by atoms with Crippen LogP contribution in [0.4, 0.5) is 4.39 Å². The van der Waals surface area contributed by atoms with Gasteiger partial charge in [-0.05, 0) is 37.2 Å². The summed E-state index contributed by atoms with van der Waals surface area (Å²) >= 11 is 0. The van der Waals surface area contributed by atoms with Crippen LogP contribution in [0.15, 0.2) is 18.2 Å². The van der Waals surface area contributed by atoms with Crippen LogP contribution in [0.5, 0.6) is 0 Å². The number of unbranched alkanes of at least 4 members (excludes halogenated alkanes) is 1. The lowest BCUT2D eigenvalue weighted by molar-refractivity contribution is 0.275. The van der Waals surface area contributed by atoms with Gasteiger partial charge in [-0.15, -0.1) is 0 Å². The van der Waals surface area contributed by atoms with Crippen LogP contribution in [0, 0.1) is 17.7 Å². The molecule has 0 amide bonds. The Balaban J connectivity index is 2.86. The Morgan fingerprint density at radius 2 is 2.11 bits per heavy atom. The molecule has 0 aromatic heterocycles. The monoisotopic (exact) mass is 262 g/mol. The quantitative estimate of drug-likeness (QED) is 0.799. The minimum Gasteiger partial charge on any atom is -0.320 e. The van der Waals surface area contributed by atoms with Gasteiger partial charge >= 0.3 is 0 Å². The Kier molecular flexibility index (Phi) is 7.17. The fourth-order valence-corrected chi connectivity index (χ4v) is 1.92. The number of halogens is 1. The summed E-state index contributed by atoms with van der Waals surface area (Å²) in [7, 11) is 0. The van der Waals surface area contributed by atoms with E-state index >= 15 is 0 Å². The SMILES string of the molecule is CCCCN(CC)Cc1ccc(F)cc1C#CCN. The second-order valence-electron chi connectivity index (χ2n) is 4.53. The molecule has 0 bridgehead atoms. The molecule has 1 aromatic rings. The lowest BCUT2D eigenvalue weighted by atomic mass is 10.1. The van der Waals surface area contributed by atoms with Gasteiger partial charge in [0.25, 0.3) is 0 Å². The summed E-state index contributed by atoms with van der Waals surface area (Å²) in [6.45, 7) is 7.48. The molecule has 0 saturated heterocycles. The van der Waals surface area contributed by atoms with E-state index in [1.54, 1.807) is 0 Å². The van der Waals surface area contributed by atoms with Gasteiger partial charge < -0.3 is 5.73 Å². The summed E-state index contributed by atoms with van der Waals surface area (Å²) in [6.07, 6.45) is 2.36. The van der Waals surface area contributed by atoms with Gasteiger partial charge in [0.05, 0.1) is 6.54 Å². The zero-order valence-electron chi connectivity index (χ0n) is 11.9. The molecular weight excluding hydrogens is 239 g/mol. The van der Waals surface area contributed by atoms with Gasteiger partial charge in [0, 0.05) is 12.1 Å². The van der Waals surface area contributed by atoms with Crippen molar-refractivity contribution in [2.75, 3.05) is 19.6 Å². The summed E-state index contributed by atoms with van der Waals surface area (Å²) in [4.78, 5) is 2.35. The molecule has 0 aliphatic carbocycles. The van der Waals surface area contributed by atoms with Crippen LogP contribution in [-0.4, -0.2) is 24.5 Å². The van der Waals surface area contributed by atoms with E-state index in [0.717, 1.165) is 30.8 Å². The van der Waals surface area contributed by atoms with E-state index in [-0.39, 0.29) is 5.82 Å². The number of nitrogens with zero attached hydrogens (tertiary/aromatic N) is 1. The predicted octanol–water partition coefficient (Wildman–Crippen LogP) is 2.76. The van der Waals surface area contributed by atoms with Crippen molar-refractivity contribution in [3.8, 4) is 11.8 Å². The van der Waals surface area contributed by atoms with Crippen molar-refractivity contribution in [3.05, 3.63) is 35.1 Å². The molecule has 0 atom stereocenters. The molecule has 1 rings (SSSR count). The van der Waals surface area contributed by atoms with Gasteiger partial charge in [0.15, 0.2) is 0 Å². The number of rotatable bonds is 6. The van der Waals surface area contributed by atoms with Gasteiger partial charge in [0.2, 0.25) is 0 Å². The fourth-order valence-electron chi connectivity index (χ4n) is 1.92. The molecule has 19 heavy (non-hydrogen) atoms. The molecule has 0 fully saturated rings.